The Bertz CT molecular complexity index is 412. The fourth-order valence-electron chi connectivity index (χ4n) is 3.34. The first kappa shape index (κ1) is 13.4. The van der Waals surface area contributed by atoms with Gasteiger partial charge in [-0.25, -0.2) is 0 Å². The highest BCUT2D eigenvalue weighted by molar-refractivity contribution is 6.30. The van der Waals surface area contributed by atoms with Crippen molar-refractivity contribution >= 4 is 11.6 Å². The van der Waals surface area contributed by atoms with Crippen LogP contribution in [-0.4, -0.2) is 61.7 Å². The van der Waals surface area contributed by atoms with Gasteiger partial charge in [0.25, 0.3) is 0 Å². The van der Waals surface area contributed by atoms with E-state index < -0.39 is 0 Å². The molecule has 1 N–H and O–H groups in total. The summed E-state index contributed by atoms with van der Waals surface area (Å²) in [5.74, 6) is 0. The van der Waals surface area contributed by atoms with Crippen molar-refractivity contribution < 1.29 is 0 Å². The van der Waals surface area contributed by atoms with Crippen molar-refractivity contribution in [3.05, 3.63) is 34.9 Å². The summed E-state index contributed by atoms with van der Waals surface area (Å²) in [7, 11) is 2.08. The molecule has 0 spiro atoms. The van der Waals surface area contributed by atoms with Gasteiger partial charge in [-0.15, -0.1) is 0 Å². The minimum Gasteiger partial charge on any atom is -0.315 e. The lowest BCUT2D eigenvalue weighted by molar-refractivity contribution is -0.00202. The van der Waals surface area contributed by atoms with E-state index in [2.05, 4.69) is 34.3 Å². The maximum Gasteiger partial charge on any atom is 0.0406 e. The largest absolute Gasteiger partial charge is 0.315 e. The fourth-order valence-corrected chi connectivity index (χ4v) is 3.47. The second-order valence-electron chi connectivity index (χ2n) is 5.63. The minimum absolute atomic E-state index is 0.518. The molecule has 3 fully saturated rings. The number of piperazine rings is 3. The zero-order valence-corrected chi connectivity index (χ0v) is 12.2. The first-order chi connectivity index (χ1) is 9.26. The highest BCUT2D eigenvalue weighted by Crippen LogP contribution is 2.21. The SMILES string of the molecule is CNC(Cc1ccc(Cl)cc1)C1CN2CCN1CC2. The molecule has 2 unspecified atom stereocenters. The summed E-state index contributed by atoms with van der Waals surface area (Å²) in [6.07, 6.45) is 1.07. The van der Waals surface area contributed by atoms with Gasteiger partial charge >= 0.3 is 0 Å². The van der Waals surface area contributed by atoms with E-state index in [0.29, 0.717) is 12.1 Å². The lowest BCUT2D eigenvalue weighted by Gasteiger charge is -2.50. The molecule has 0 saturated carbocycles. The van der Waals surface area contributed by atoms with Crippen LogP contribution in [-0.2, 0) is 6.42 Å². The van der Waals surface area contributed by atoms with E-state index in [1.165, 1.54) is 38.3 Å². The summed E-state index contributed by atoms with van der Waals surface area (Å²) < 4.78 is 0. The van der Waals surface area contributed by atoms with Crippen LogP contribution in [0.4, 0.5) is 0 Å². The number of nitrogens with zero attached hydrogens (tertiary/aromatic N) is 2. The van der Waals surface area contributed by atoms with E-state index >= 15 is 0 Å². The van der Waals surface area contributed by atoms with E-state index in [1.807, 2.05) is 12.1 Å². The van der Waals surface area contributed by atoms with Crippen LogP contribution in [0.3, 0.4) is 0 Å². The molecule has 0 amide bonds. The second-order valence-corrected chi connectivity index (χ2v) is 6.07. The molecule has 3 aliphatic heterocycles. The smallest absolute Gasteiger partial charge is 0.0406 e. The molecule has 3 aliphatic rings. The molecule has 1 aromatic carbocycles. The Balaban J connectivity index is 1.68. The first-order valence-electron chi connectivity index (χ1n) is 7.14. The summed E-state index contributed by atoms with van der Waals surface area (Å²) in [6.45, 7) is 6.15. The number of rotatable bonds is 4. The number of hydrogen-bond donors (Lipinski definition) is 1. The van der Waals surface area contributed by atoms with Gasteiger partial charge < -0.3 is 5.32 Å². The predicted molar refractivity (Wildman–Crippen MR) is 79.8 cm³/mol. The van der Waals surface area contributed by atoms with Gasteiger partial charge in [0.1, 0.15) is 0 Å². The third-order valence-electron chi connectivity index (χ3n) is 4.53. The van der Waals surface area contributed by atoms with Crippen molar-refractivity contribution in [2.24, 2.45) is 0 Å². The molecule has 0 aromatic heterocycles. The topological polar surface area (TPSA) is 18.5 Å². The second kappa shape index (κ2) is 5.80. The average Bonchev–Trinajstić information content (AvgIpc) is 2.48. The van der Waals surface area contributed by atoms with Gasteiger partial charge in [0.2, 0.25) is 0 Å². The van der Waals surface area contributed by atoms with Gasteiger partial charge in [-0.3, -0.25) is 9.80 Å². The van der Waals surface area contributed by atoms with Gasteiger partial charge in [0.05, 0.1) is 0 Å². The quantitative estimate of drug-likeness (QED) is 0.901. The number of nitrogens with one attached hydrogen (secondary N) is 1. The normalized spacial score (nSPS) is 31.4. The Hall–Kier alpha value is -0.610. The molecule has 19 heavy (non-hydrogen) atoms. The lowest BCUT2D eigenvalue weighted by atomic mass is 9.94. The zero-order chi connectivity index (χ0) is 13.2. The number of likely N-dealkylation sites (N-methyl/N-ethyl adjacent to an activating group) is 1. The van der Waals surface area contributed by atoms with Crippen molar-refractivity contribution in [1.29, 1.82) is 0 Å². The molecule has 4 heteroatoms. The highest BCUT2D eigenvalue weighted by atomic mass is 35.5. The molecule has 3 saturated heterocycles. The van der Waals surface area contributed by atoms with E-state index in [-0.39, 0.29) is 0 Å². The van der Waals surface area contributed by atoms with Crippen LogP contribution in [0, 0.1) is 0 Å². The number of benzene rings is 1. The summed E-state index contributed by atoms with van der Waals surface area (Å²) in [5, 5.41) is 4.33. The molecule has 2 atom stereocenters. The van der Waals surface area contributed by atoms with Crippen LogP contribution in [0.25, 0.3) is 0 Å². The van der Waals surface area contributed by atoms with Gasteiger partial charge in [-0.05, 0) is 31.2 Å². The Morgan fingerprint density at radius 2 is 1.89 bits per heavy atom. The zero-order valence-electron chi connectivity index (χ0n) is 11.5. The molecule has 0 aliphatic carbocycles. The summed E-state index contributed by atoms with van der Waals surface area (Å²) in [4.78, 5) is 5.24. The van der Waals surface area contributed by atoms with Crippen LogP contribution in [0.1, 0.15) is 5.56 Å². The third-order valence-corrected chi connectivity index (χ3v) is 4.78. The highest BCUT2D eigenvalue weighted by Gasteiger charge is 2.35. The van der Waals surface area contributed by atoms with Gasteiger partial charge in [-0.2, -0.15) is 0 Å². The molecule has 2 bridgehead atoms. The predicted octanol–water partition coefficient (Wildman–Crippen LogP) is 1.47. The maximum absolute atomic E-state index is 5.95. The van der Waals surface area contributed by atoms with Crippen molar-refractivity contribution in [1.82, 2.24) is 15.1 Å². The van der Waals surface area contributed by atoms with Crippen LogP contribution >= 0.6 is 11.6 Å². The minimum atomic E-state index is 0.518. The first-order valence-corrected chi connectivity index (χ1v) is 7.52. The number of hydrogen-bond acceptors (Lipinski definition) is 3. The van der Waals surface area contributed by atoms with Gasteiger partial charge in [-0.1, -0.05) is 23.7 Å². The molecule has 3 nitrogen and oxygen atoms in total. The Kier molecular flexibility index (Phi) is 4.08. The summed E-state index contributed by atoms with van der Waals surface area (Å²) >= 11 is 5.95. The number of fused-ring (bicyclic) bond motifs is 3. The van der Waals surface area contributed by atoms with Crippen LogP contribution in [0.5, 0.6) is 0 Å². The van der Waals surface area contributed by atoms with Gasteiger partial charge in [0.15, 0.2) is 0 Å². The molecule has 0 radical (unpaired) electrons. The van der Waals surface area contributed by atoms with Crippen LogP contribution in [0.15, 0.2) is 24.3 Å². The maximum atomic E-state index is 5.95. The lowest BCUT2D eigenvalue weighted by Crippen LogP contribution is -2.66. The van der Waals surface area contributed by atoms with E-state index in [9.17, 15) is 0 Å². The van der Waals surface area contributed by atoms with E-state index in [0.717, 1.165) is 11.4 Å². The average molecular weight is 280 g/mol. The molecule has 1 aromatic rings. The molecule has 104 valence electrons. The van der Waals surface area contributed by atoms with Gasteiger partial charge in [0, 0.05) is 49.8 Å². The third kappa shape index (κ3) is 2.95. The van der Waals surface area contributed by atoms with Crippen LogP contribution < -0.4 is 5.32 Å². The van der Waals surface area contributed by atoms with Crippen molar-refractivity contribution in [3.8, 4) is 0 Å². The molecule has 3 heterocycles. The molecule has 4 rings (SSSR count). The molecular formula is C15H22ClN3. The van der Waals surface area contributed by atoms with E-state index in [4.69, 9.17) is 11.6 Å². The Morgan fingerprint density at radius 1 is 1.21 bits per heavy atom. The Morgan fingerprint density at radius 3 is 2.42 bits per heavy atom. The number of halogens is 1. The van der Waals surface area contributed by atoms with E-state index in [1.54, 1.807) is 0 Å². The van der Waals surface area contributed by atoms with Crippen molar-refractivity contribution in [2.45, 2.75) is 18.5 Å². The summed E-state index contributed by atoms with van der Waals surface area (Å²) in [5.41, 5.74) is 1.36. The monoisotopic (exact) mass is 279 g/mol. The van der Waals surface area contributed by atoms with Crippen molar-refractivity contribution in [3.63, 3.8) is 0 Å². The molecular weight excluding hydrogens is 258 g/mol. The van der Waals surface area contributed by atoms with Crippen molar-refractivity contribution in [2.75, 3.05) is 39.8 Å². The standard InChI is InChI=1S/C15H22ClN3/c1-17-14(10-12-2-4-13(16)5-3-12)15-11-18-6-8-19(15)9-7-18/h2-5,14-15,17H,6-11H2,1H3. The van der Waals surface area contributed by atoms with Crippen LogP contribution in [0.2, 0.25) is 5.02 Å². The summed E-state index contributed by atoms with van der Waals surface area (Å²) in [6, 6.07) is 9.42. The Labute approximate surface area is 120 Å². The fraction of sp³-hybridized carbons (Fsp3) is 0.600.